The zero-order chi connectivity index (χ0) is 17.4. The Morgan fingerprint density at radius 2 is 2.16 bits per heavy atom. The second-order valence-corrected chi connectivity index (χ2v) is 7.65. The summed E-state index contributed by atoms with van der Waals surface area (Å²) in [6, 6.07) is 6.00. The minimum atomic E-state index is 0.104. The van der Waals surface area contributed by atoms with Crippen LogP contribution in [-0.2, 0) is 6.54 Å². The van der Waals surface area contributed by atoms with Crippen LogP contribution in [0.2, 0.25) is 0 Å². The molecule has 5 nitrogen and oxygen atoms in total. The molecule has 0 radical (unpaired) electrons. The highest BCUT2D eigenvalue weighted by atomic mass is 32.1. The summed E-state index contributed by atoms with van der Waals surface area (Å²) in [7, 11) is 0. The maximum absolute atomic E-state index is 13.2. The van der Waals surface area contributed by atoms with Gasteiger partial charge in [-0.2, -0.15) is 5.10 Å². The van der Waals surface area contributed by atoms with Crippen LogP contribution in [0.4, 0.5) is 0 Å². The lowest BCUT2D eigenvalue weighted by molar-refractivity contribution is 0.0699. The Labute approximate surface area is 151 Å². The predicted octanol–water partition coefficient (Wildman–Crippen LogP) is 4.05. The average Bonchev–Trinajstić information content (AvgIpc) is 3.30. The summed E-state index contributed by atoms with van der Waals surface area (Å²) in [6.07, 6.45) is 3.93. The quantitative estimate of drug-likeness (QED) is 0.713. The fourth-order valence-electron chi connectivity index (χ4n) is 3.39. The Balaban J connectivity index is 1.81. The summed E-state index contributed by atoms with van der Waals surface area (Å²) >= 11 is 1.64. The van der Waals surface area contributed by atoms with Crippen molar-refractivity contribution in [2.24, 2.45) is 5.92 Å². The first kappa shape index (κ1) is 16.3. The van der Waals surface area contributed by atoms with E-state index >= 15 is 0 Å². The molecule has 6 heteroatoms. The van der Waals surface area contributed by atoms with Crippen molar-refractivity contribution in [2.75, 3.05) is 13.1 Å². The molecule has 1 aliphatic rings. The lowest BCUT2D eigenvalue weighted by Gasteiger charge is -2.30. The molecule has 0 unspecified atom stereocenters. The molecule has 4 heterocycles. The van der Waals surface area contributed by atoms with E-state index in [9.17, 15) is 4.79 Å². The molecule has 0 aliphatic carbocycles. The fraction of sp³-hybridized carbons (Fsp3) is 0.421. The number of carbonyl (C=O) groups is 1. The van der Waals surface area contributed by atoms with Crippen LogP contribution < -0.4 is 0 Å². The number of thiophene rings is 1. The number of hydrogen-bond donors (Lipinski definition) is 0. The lowest BCUT2D eigenvalue weighted by atomic mass is 9.98. The highest BCUT2D eigenvalue weighted by molar-refractivity contribution is 7.13. The minimum absolute atomic E-state index is 0.104. The maximum Gasteiger partial charge on any atom is 0.254 e. The molecule has 0 N–H and O–H groups in total. The monoisotopic (exact) mass is 354 g/mol. The van der Waals surface area contributed by atoms with Crippen LogP contribution in [0.5, 0.6) is 0 Å². The van der Waals surface area contributed by atoms with Crippen LogP contribution >= 0.6 is 11.3 Å². The highest BCUT2D eigenvalue weighted by Gasteiger charge is 2.25. The molecule has 0 aromatic carbocycles. The van der Waals surface area contributed by atoms with Gasteiger partial charge in [-0.3, -0.25) is 4.79 Å². The maximum atomic E-state index is 13.2. The van der Waals surface area contributed by atoms with E-state index in [4.69, 9.17) is 4.98 Å². The number of piperidine rings is 1. The molecule has 3 aromatic heterocycles. The molecule has 25 heavy (non-hydrogen) atoms. The molecule has 0 bridgehead atoms. The van der Waals surface area contributed by atoms with E-state index in [0.717, 1.165) is 59.6 Å². The van der Waals surface area contributed by atoms with E-state index in [-0.39, 0.29) is 5.91 Å². The van der Waals surface area contributed by atoms with Gasteiger partial charge >= 0.3 is 0 Å². The van der Waals surface area contributed by atoms with E-state index in [1.54, 1.807) is 17.5 Å². The zero-order valence-electron chi connectivity index (χ0n) is 14.6. The van der Waals surface area contributed by atoms with Crippen molar-refractivity contribution < 1.29 is 4.79 Å². The third-order valence-electron chi connectivity index (χ3n) is 4.98. The Bertz CT molecular complexity index is 892. The molecule has 1 amide bonds. The van der Waals surface area contributed by atoms with Gasteiger partial charge in [-0.25, -0.2) is 9.67 Å². The summed E-state index contributed by atoms with van der Waals surface area (Å²) < 4.78 is 1.86. The standard InChI is InChI=1S/C19H22N4OS/c1-3-23-18-15(12-20-23)14(11-16(21-18)17-5-4-10-25-17)19(24)22-8-6-13(2)7-9-22/h4-5,10-13H,3,6-9H2,1-2H3. The van der Waals surface area contributed by atoms with E-state index in [2.05, 4.69) is 12.0 Å². The predicted molar refractivity (Wildman–Crippen MR) is 101 cm³/mol. The van der Waals surface area contributed by atoms with Crippen LogP contribution in [-0.4, -0.2) is 38.7 Å². The smallest absolute Gasteiger partial charge is 0.254 e. The molecule has 0 spiro atoms. The number of hydrogen-bond acceptors (Lipinski definition) is 4. The first-order chi connectivity index (χ1) is 12.2. The van der Waals surface area contributed by atoms with Crippen molar-refractivity contribution in [3.05, 3.63) is 35.3 Å². The van der Waals surface area contributed by atoms with Gasteiger partial charge in [-0.1, -0.05) is 13.0 Å². The number of likely N-dealkylation sites (tertiary alicyclic amines) is 1. The minimum Gasteiger partial charge on any atom is -0.339 e. The molecular formula is C19H22N4OS. The first-order valence-corrected chi connectivity index (χ1v) is 9.75. The largest absolute Gasteiger partial charge is 0.339 e. The number of pyridine rings is 1. The second kappa shape index (κ2) is 6.59. The Morgan fingerprint density at radius 1 is 1.36 bits per heavy atom. The van der Waals surface area contributed by atoms with Gasteiger partial charge in [0.25, 0.3) is 5.91 Å². The van der Waals surface area contributed by atoms with Gasteiger partial charge in [0.05, 0.1) is 27.7 Å². The number of nitrogens with zero attached hydrogens (tertiary/aromatic N) is 4. The number of aryl methyl sites for hydroxylation is 1. The summed E-state index contributed by atoms with van der Waals surface area (Å²) in [5.41, 5.74) is 2.37. The number of amides is 1. The highest BCUT2D eigenvalue weighted by Crippen LogP contribution is 2.29. The molecule has 130 valence electrons. The molecule has 1 fully saturated rings. The van der Waals surface area contributed by atoms with Gasteiger partial charge in [0, 0.05) is 19.6 Å². The molecular weight excluding hydrogens is 332 g/mol. The Hall–Kier alpha value is -2.21. The van der Waals surface area contributed by atoms with Crippen molar-refractivity contribution in [3.8, 4) is 10.6 Å². The number of fused-ring (bicyclic) bond motifs is 1. The van der Waals surface area contributed by atoms with Gasteiger partial charge in [0.2, 0.25) is 0 Å². The molecule has 4 rings (SSSR count). The molecule has 3 aromatic rings. The summed E-state index contributed by atoms with van der Waals surface area (Å²) in [5, 5.41) is 7.31. The number of carbonyl (C=O) groups excluding carboxylic acids is 1. The van der Waals surface area contributed by atoms with E-state index in [1.165, 1.54) is 0 Å². The fourth-order valence-corrected chi connectivity index (χ4v) is 4.07. The summed E-state index contributed by atoms with van der Waals surface area (Å²) in [6.45, 7) is 6.70. The molecule has 0 saturated carbocycles. The average molecular weight is 354 g/mol. The second-order valence-electron chi connectivity index (χ2n) is 6.70. The van der Waals surface area contributed by atoms with Crippen LogP contribution in [0.1, 0.15) is 37.0 Å². The van der Waals surface area contributed by atoms with Crippen LogP contribution in [0.25, 0.3) is 21.6 Å². The van der Waals surface area contributed by atoms with E-state index < -0.39 is 0 Å². The number of rotatable bonds is 3. The third-order valence-corrected chi connectivity index (χ3v) is 5.88. The molecule has 0 atom stereocenters. The lowest BCUT2D eigenvalue weighted by Crippen LogP contribution is -2.38. The zero-order valence-corrected chi connectivity index (χ0v) is 15.4. The van der Waals surface area contributed by atoms with Gasteiger partial charge < -0.3 is 4.90 Å². The van der Waals surface area contributed by atoms with Crippen molar-refractivity contribution >= 4 is 28.3 Å². The first-order valence-electron chi connectivity index (χ1n) is 8.87. The van der Waals surface area contributed by atoms with E-state index in [1.807, 2.05) is 40.1 Å². The number of aromatic nitrogens is 3. The van der Waals surface area contributed by atoms with Crippen molar-refractivity contribution in [3.63, 3.8) is 0 Å². The van der Waals surface area contributed by atoms with Crippen molar-refractivity contribution in [2.45, 2.75) is 33.2 Å². The van der Waals surface area contributed by atoms with Crippen molar-refractivity contribution in [1.29, 1.82) is 0 Å². The third kappa shape index (κ3) is 2.95. The van der Waals surface area contributed by atoms with Gasteiger partial charge in [0.1, 0.15) is 0 Å². The van der Waals surface area contributed by atoms with Crippen LogP contribution in [0.3, 0.4) is 0 Å². The molecule has 1 aliphatic heterocycles. The van der Waals surface area contributed by atoms with Gasteiger partial charge in [-0.15, -0.1) is 11.3 Å². The Kier molecular flexibility index (Phi) is 4.29. The van der Waals surface area contributed by atoms with E-state index in [0.29, 0.717) is 5.92 Å². The van der Waals surface area contributed by atoms with Crippen LogP contribution in [0.15, 0.2) is 29.8 Å². The summed E-state index contributed by atoms with van der Waals surface area (Å²) in [5.74, 6) is 0.804. The SMILES string of the molecule is CCn1ncc2c(C(=O)N3CCC(C)CC3)cc(-c3cccs3)nc21. The summed E-state index contributed by atoms with van der Waals surface area (Å²) in [4.78, 5) is 21.1. The van der Waals surface area contributed by atoms with Crippen LogP contribution in [0, 0.1) is 5.92 Å². The molecule has 1 saturated heterocycles. The Morgan fingerprint density at radius 3 is 2.84 bits per heavy atom. The normalized spacial score (nSPS) is 15.8. The van der Waals surface area contributed by atoms with Crippen molar-refractivity contribution in [1.82, 2.24) is 19.7 Å². The topological polar surface area (TPSA) is 51.0 Å². The van der Waals surface area contributed by atoms with Gasteiger partial charge in [-0.05, 0) is 43.2 Å². The van der Waals surface area contributed by atoms with Gasteiger partial charge in [0.15, 0.2) is 5.65 Å².